The second-order valence-corrected chi connectivity index (χ2v) is 5.45. The molecule has 0 aliphatic heterocycles. The van der Waals surface area contributed by atoms with Gasteiger partial charge in [0.15, 0.2) is 0 Å². The minimum atomic E-state index is -0.163. The maximum Gasteiger partial charge on any atom is 0.252 e. The summed E-state index contributed by atoms with van der Waals surface area (Å²) in [5.74, 6) is -0.0216. The molecule has 1 amide bonds. The fourth-order valence-electron chi connectivity index (χ4n) is 1.99. The van der Waals surface area contributed by atoms with E-state index in [1.54, 1.807) is 11.8 Å². The van der Waals surface area contributed by atoms with E-state index in [1.165, 1.54) is 6.42 Å². The molecule has 0 atom stereocenters. The average Bonchev–Trinajstić information content (AvgIpc) is 2.33. The van der Waals surface area contributed by atoms with Gasteiger partial charge in [-0.3, -0.25) is 4.79 Å². The highest BCUT2D eigenvalue weighted by molar-refractivity contribution is 7.98. The lowest BCUT2D eigenvalue weighted by atomic mass is 9.78. The zero-order chi connectivity index (χ0) is 12.3. The molecule has 0 radical (unpaired) electrons. The number of nitrogens with two attached hydrogens (primary N) is 1. The summed E-state index contributed by atoms with van der Waals surface area (Å²) in [6, 6.07) is 7.64. The lowest BCUT2D eigenvalue weighted by Gasteiger charge is -2.38. The van der Waals surface area contributed by atoms with Gasteiger partial charge in [-0.15, -0.1) is 11.8 Å². The van der Waals surface area contributed by atoms with Crippen LogP contribution >= 0.6 is 11.8 Å². The van der Waals surface area contributed by atoms with E-state index in [0.717, 1.165) is 23.3 Å². The van der Waals surface area contributed by atoms with E-state index in [2.05, 4.69) is 5.32 Å². The highest BCUT2D eigenvalue weighted by atomic mass is 32.2. The van der Waals surface area contributed by atoms with Crippen LogP contribution in [-0.2, 0) is 0 Å². The first kappa shape index (κ1) is 12.5. The van der Waals surface area contributed by atoms with Gasteiger partial charge >= 0.3 is 0 Å². The van der Waals surface area contributed by atoms with Gasteiger partial charge in [0.2, 0.25) is 0 Å². The van der Waals surface area contributed by atoms with Crippen LogP contribution in [0, 0.1) is 0 Å². The van der Waals surface area contributed by atoms with E-state index >= 15 is 0 Å². The predicted octanol–water partition coefficient (Wildman–Crippen LogP) is 2.02. The molecule has 0 aromatic heterocycles. The van der Waals surface area contributed by atoms with Crippen molar-refractivity contribution in [3.8, 4) is 0 Å². The van der Waals surface area contributed by atoms with Gasteiger partial charge in [0.25, 0.3) is 5.91 Å². The Kier molecular flexibility index (Phi) is 3.74. The summed E-state index contributed by atoms with van der Waals surface area (Å²) in [4.78, 5) is 13.0. The molecular formula is C13H18N2OS. The number of amides is 1. The van der Waals surface area contributed by atoms with Gasteiger partial charge in [0.1, 0.15) is 0 Å². The number of hydrogen-bond acceptors (Lipinski definition) is 3. The maximum absolute atomic E-state index is 12.0. The van der Waals surface area contributed by atoms with Crippen molar-refractivity contribution in [1.29, 1.82) is 0 Å². The second kappa shape index (κ2) is 5.10. The number of nitrogens with one attached hydrogen (secondary N) is 1. The SMILES string of the molecule is CSc1ccccc1C(=O)NCC1(N)CCC1. The summed E-state index contributed by atoms with van der Waals surface area (Å²) < 4.78 is 0. The van der Waals surface area contributed by atoms with Crippen LogP contribution in [0.4, 0.5) is 0 Å². The van der Waals surface area contributed by atoms with Crippen LogP contribution in [0.3, 0.4) is 0 Å². The van der Waals surface area contributed by atoms with Gasteiger partial charge in [-0.1, -0.05) is 12.1 Å². The van der Waals surface area contributed by atoms with Crippen LogP contribution in [-0.4, -0.2) is 24.2 Å². The summed E-state index contributed by atoms with van der Waals surface area (Å²) in [7, 11) is 0. The van der Waals surface area contributed by atoms with Crippen molar-refractivity contribution in [2.24, 2.45) is 5.73 Å². The Balaban J connectivity index is 1.99. The molecule has 1 aliphatic carbocycles. The largest absolute Gasteiger partial charge is 0.350 e. The molecule has 1 saturated carbocycles. The van der Waals surface area contributed by atoms with Crippen LogP contribution in [0.1, 0.15) is 29.6 Å². The molecule has 92 valence electrons. The van der Waals surface area contributed by atoms with Gasteiger partial charge < -0.3 is 11.1 Å². The van der Waals surface area contributed by atoms with Gasteiger partial charge in [0.05, 0.1) is 5.56 Å². The molecular weight excluding hydrogens is 232 g/mol. The van der Waals surface area contributed by atoms with Crippen LogP contribution < -0.4 is 11.1 Å². The topological polar surface area (TPSA) is 55.1 Å². The van der Waals surface area contributed by atoms with E-state index in [0.29, 0.717) is 6.54 Å². The number of carbonyl (C=O) groups excluding carboxylic acids is 1. The van der Waals surface area contributed by atoms with Gasteiger partial charge in [-0.2, -0.15) is 0 Å². The van der Waals surface area contributed by atoms with Crippen LogP contribution in [0.5, 0.6) is 0 Å². The Morgan fingerprint density at radius 2 is 2.18 bits per heavy atom. The highest BCUT2D eigenvalue weighted by Crippen LogP contribution is 2.28. The molecule has 1 aromatic rings. The third-order valence-corrected chi connectivity index (χ3v) is 4.10. The Labute approximate surface area is 106 Å². The number of rotatable bonds is 4. The zero-order valence-corrected chi connectivity index (χ0v) is 10.8. The Morgan fingerprint density at radius 3 is 2.76 bits per heavy atom. The van der Waals surface area contributed by atoms with E-state index < -0.39 is 0 Å². The van der Waals surface area contributed by atoms with E-state index in [1.807, 2.05) is 30.5 Å². The van der Waals surface area contributed by atoms with Crippen molar-refractivity contribution >= 4 is 17.7 Å². The first-order valence-corrected chi connectivity index (χ1v) is 7.07. The van der Waals surface area contributed by atoms with E-state index in [-0.39, 0.29) is 11.4 Å². The van der Waals surface area contributed by atoms with Gasteiger partial charge in [0, 0.05) is 17.0 Å². The summed E-state index contributed by atoms with van der Waals surface area (Å²) in [5, 5.41) is 2.94. The second-order valence-electron chi connectivity index (χ2n) is 4.60. The van der Waals surface area contributed by atoms with Crippen molar-refractivity contribution in [3.05, 3.63) is 29.8 Å². The molecule has 0 bridgehead atoms. The Bertz CT molecular complexity index is 416. The molecule has 4 heteroatoms. The first-order chi connectivity index (χ1) is 8.14. The minimum absolute atomic E-state index is 0.0216. The van der Waals surface area contributed by atoms with Crippen LogP contribution in [0.15, 0.2) is 29.2 Å². The standard InChI is InChI=1S/C13H18N2OS/c1-17-11-6-3-2-5-10(11)12(16)15-9-13(14)7-4-8-13/h2-3,5-6H,4,7-9,14H2,1H3,(H,15,16). The number of benzene rings is 1. The molecule has 0 spiro atoms. The molecule has 0 unspecified atom stereocenters. The average molecular weight is 250 g/mol. The van der Waals surface area contributed by atoms with Crippen LogP contribution in [0.25, 0.3) is 0 Å². The lowest BCUT2D eigenvalue weighted by molar-refractivity contribution is 0.0927. The van der Waals surface area contributed by atoms with Gasteiger partial charge in [-0.05, 0) is 37.7 Å². The molecule has 1 aliphatic rings. The molecule has 1 fully saturated rings. The third-order valence-electron chi connectivity index (χ3n) is 3.30. The molecule has 17 heavy (non-hydrogen) atoms. The quantitative estimate of drug-likeness (QED) is 0.804. The van der Waals surface area contributed by atoms with Crippen molar-refractivity contribution in [3.63, 3.8) is 0 Å². The summed E-state index contributed by atoms with van der Waals surface area (Å²) >= 11 is 1.58. The molecule has 3 N–H and O–H groups in total. The Morgan fingerprint density at radius 1 is 1.47 bits per heavy atom. The molecule has 1 aromatic carbocycles. The smallest absolute Gasteiger partial charge is 0.252 e. The fourth-order valence-corrected chi connectivity index (χ4v) is 2.59. The summed E-state index contributed by atoms with van der Waals surface area (Å²) in [6.07, 6.45) is 5.17. The van der Waals surface area contributed by atoms with Crippen molar-refractivity contribution in [1.82, 2.24) is 5.32 Å². The lowest BCUT2D eigenvalue weighted by Crippen LogP contribution is -2.54. The maximum atomic E-state index is 12.0. The molecule has 3 nitrogen and oxygen atoms in total. The van der Waals surface area contributed by atoms with E-state index in [4.69, 9.17) is 5.73 Å². The minimum Gasteiger partial charge on any atom is -0.350 e. The normalized spacial score (nSPS) is 17.3. The molecule has 0 saturated heterocycles. The summed E-state index contributed by atoms with van der Waals surface area (Å²) in [5.41, 5.74) is 6.66. The fraction of sp³-hybridized carbons (Fsp3) is 0.462. The van der Waals surface area contributed by atoms with Crippen LogP contribution in [0.2, 0.25) is 0 Å². The van der Waals surface area contributed by atoms with Crippen molar-refractivity contribution < 1.29 is 4.79 Å². The summed E-state index contributed by atoms with van der Waals surface area (Å²) in [6.45, 7) is 0.578. The molecule has 2 rings (SSSR count). The first-order valence-electron chi connectivity index (χ1n) is 5.85. The van der Waals surface area contributed by atoms with Gasteiger partial charge in [-0.25, -0.2) is 0 Å². The number of hydrogen-bond donors (Lipinski definition) is 2. The number of thioether (sulfide) groups is 1. The molecule has 0 heterocycles. The number of carbonyl (C=O) groups is 1. The highest BCUT2D eigenvalue weighted by Gasteiger charge is 2.32. The Hall–Kier alpha value is -1.00. The predicted molar refractivity (Wildman–Crippen MR) is 71.3 cm³/mol. The van der Waals surface area contributed by atoms with Crippen molar-refractivity contribution in [2.45, 2.75) is 29.7 Å². The third kappa shape index (κ3) is 2.82. The monoisotopic (exact) mass is 250 g/mol. The zero-order valence-electron chi connectivity index (χ0n) is 10.0. The van der Waals surface area contributed by atoms with E-state index in [9.17, 15) is 4.79 Å². The van der Waals surface area contributed by atoms with Crippen molar-refractivity contribution in [2.75, 3.05) is 12.8 Å².